The average molecular weight is 511 g/mol. The third-order valence-electron chi connectivity index (χ3n) is 6.12. The van der Waals surface area contributed by atoms with Crippen molar-refractivity contribution < 1.29 is 28.9 Å². The molecule has 1 aliphatic rings. The minimum Gasteiger partial charge on any atom is -0.495 e. The molecule has 0 spiro atoms. The molecule has 0 bridgehead atoms. The average Bonchev–Trinajstić information content (AvgIpc) is 2.90. The van der Waals surface area contributed by atoms with Crippen LogP contribution in [-0.4, -0.2) is 91.5 Å². The third-order valence-corrected chi connectivity index (χ3v) is 6.12. The number of pyridine rings is 1. The molecule has 37 heavy (non-hydrogen) atoms. The lowest BCUT2D eigenvalue weighted by molar-refractivity contribution is 0.0356. The van der Waals surface area contributed by atoms with Gasteiger partial charge in [-0.3, -0.25) is 4.79 Å². The Morgan fingerprint density at radius 3 is 2.84 bits per heavy atom. The van der Waals surface area contributed by atoms with Gasteiger partial charge in [0.15, 0.2) is 0 Å². The molecule has 0 saturated heterocycles. The number of methoxy groups -OCH3 is 2. The van der Waals surface area contributed by atoms with Gasteiger partial charge in [-0.1, -0.05) is 30.9 Å². The number of aliphatic hydroxyl groups is 1. The Morgan fingerprint density at radius 1 is 1.38 bits per heavy atom. The normalized spacial score (nSPS) is 17.8. The zero-order chi connectivity index (χ0) is 26.9. The van der Waals surface area contributed by atoms with E-state index in [9.17, 15) is 14.7 Å². The van der Waals surface area contributed by atoms with Crippen LogP contribution in [0.5, 0.6) is 11.6 Å². The van der Waals surface area contributed by atoms with Crippen molar-refractivity contribution in [2.75, 3.05) is 52.9 Å². The summed E-state index contributed by atoms with van der Waals surface area (Å²) in [6, 6.07) is 8.03. The number of amides is 3. The van der Waals surface area contributed by atoms with Gasteiger partial charge < -0.3 is 34.4 Å². The van der Waals surface area contributed by atoms with Crippen LogP contribution in [0, 0.1) is 17.8 Å². The Bertz CT molecular complexity index is 1160. The highest BCUT2D eigenvalue weighted by Crippen LogP contribution is 2.28. The van der Waals surface area contributed by atoms with Gasteiger partial charge in [0.25, 0.3) is 5.91 Å². The lowest BCUT2D eigenvalue weighted by Crippen LogP contribution is -2.50. The number of anilines is 1. The molecule has 3 rings (SSSR count). The summed E-state index contributed by atoms with van der Waals surface area (Å²) >= 11 is 0. The number of carbonyl (C=O) groups is 2. The fourth-order valence-corrected chi connectivity index (χ4v) is 3.91. The molecule has 0 aliphatic carbocycles. The van der Waals surface area contributed by atoms with E-state index < -0.39 is 12.1 Å². The molecule has 1 aliphatic heterocycles. The van der Waals surface area contributed by atoms with Crippen molar-refractivity contribution in [3.05, 3.63) is 47.7 Å². The van der Waals surface area contributed by atoms with E-state index in [1.54, 1.807) is 44.2 Å². The molecule has 198 valence electrons. The van der Waals surface area contributed by atoms with E-state index in [-0.39, 0.29) is 49.1 Å². The number of benzene rings is 1. The highest BCUT2D eigenvalue weighted by Gasteiger charge is 2.34. The maximum Gasteiger partial charge on any atom is 0.321 e. The van der Waals surface area contributed by atoms with E-state index in [0.29, 0.717) is 23.5 Å². The van der Waals surface area contributed by atoms with Crippen molar-refractivity contribution in [3.63, 3.8) is 0 Å². The minimum atomic E-state index is -0.480. The van der Waals surface area contributed by atoms with Crippen LogP contribution in [0.15, 0.2) is 36.5 Å². The Morgan fingerprint density at radius 2 is 2.14 bits per heavy atom. The molecule has 3 amide bonds. The molecule has 10 nitrogen and oxygen atoms in total. The quantitative estimate of drug-likeness (QED) is 0.550. The van der Waals surface area contributed by atoms with Crippen molar-refractivity contribution in [2.45, 2.75) is 26.0 Å². The number of aromatic nitrogens is 1. The van der Waals surface area contributed by atoms with Gasteiger partial charge in [-0.05, 0) is 25.1 Å². The lowest BCUT2D eigenvalue weighted by atomic mass is 10.00. The molecule has 2 N–H and O–H groups in total. The molecule has 1 aromatic heterocycles. The van der Waals surface area contributed by atoms with Gasteiger partial charge in [0, 0.05) is 38.4 Å². The summed E-state index contributed by atoms with van der Waals surface area (Å²) in [5.41, 5.74) is 1.35. The molecule has 2 heterocycles. The predicted octanol–water partition coefficient (Wildman–Crippen LogP) is 2.47. The summed E-state index contributed by atoms with van der Waals surface area (Å²) in [4.78, 5) is 33.9. The van der Waals surface area contributed by atoms with Crippen molar-refractivity contribution >= 4 is 17.6 Å². The van der Waals surface area contributed by atoms with Crippen molar-refractivity contribution in [1.82, 2.24) is 14.8 Å². The van der Waals surface area contributed by atoms with Gasteiger partial charge in [0.1, 0.15) is 24.0 Å². The van der Waals surface area contributed by atoms with Gasteiger partial charge in [0.05, 0.1) is 32.0 Å². The first-order valence-electron chi connectivity index (χ1n) is 12.0. The van der Waals surface area contributed by atoms with Crippen molar-refractivity contribution in [1.29, 1.82) is 0 Å². The zero-order valence-electron chi connectivity index (χ0n) is 21.9. The molecule has 1 aromatic carbocycles. The molecule has 0 saturated carbocycles. The van der Waals surface area contributed by atoms with Crippen LogP contribution in [0.25, 0.3) is 0 Å². The molecule has 0 radical (unpaired) electrons. The van der Waals surface area contributed by atoms with E-state index in [0.717, 1.165) is 0 Å². The number of para-hydroxylation sites is 2. The van der Waals surface area contributed by atoms with E-state index in [1.807, 2.05) is 19.1 Å². The second-order valence-corrected chi connectivity index (χ2v) is 8.95. The largest absolute Gasteiger partial charge is 0.495 e. The van der Waals surface area contributed by atoms with Crippen LogP contribution in [0.3, 0.4) is 0 Å². The van der Waals surface area contributed by atoms with E-state index in [1.165, 1.54) is 18.2 Å². The molecule has 0 unspecified atom stereocenters. The number of rotatable bonds is 7. The minimum absolute atomic E-state index is 0.160. The summed E-state index contributed by atoms with van der Waals surface area (Å²) in [7, 11) is 4.76. The summed E-state index contributed by atoms with van der Waals surface area (Å²) in [5.74, 6) is 6.02. The van der Waals surface area contributed by atoms with E-state index >= 15 is 0 Å². The summed E-state index contributed by atoms with van der Waals surface area (Å²) in [6.45, 7) is 4.33. The van der Waals surface area contributed by atoms with Gasteiger partial charge in [-0.2, -0.15) is 0 Å². The summed E-state index contributed by atoms with van der Waals surface area (Å²) < 4.78 is 16.5. The highest BCUT2D eigenvalue weighted by molar-refractivity contribution is 5.97. The molecule has 0 fully saturated rings. The van der Waals surface area contributed by atoms with Crippen molar-refractivity contribution in [3.8, 4) is 23.5 Å². The van der Waals surface area contributed by atoms with Gasteiger partial charge in [-0.25, -0.2) is 9.78 Å². The second-order valence-electron chi connectivity index (χ2n) is 8.95. The lowest BCUT2D eigenvalue weighted by Gasteiger charge is -2.37. The SMILES string of the molecule is COCC#Cc1cnc2c(c1)C(=O)N([C@H](C)CO)C[C@H](C)[C@@H](CN(C)C(=O)Nc1ccccc1OC)O2. The Hall–Kier alpha value is -3.81. The van der Waals surface area contributed by atoms with Crippen LogP contribution in [0.4, 0.5) is 10.5 Å². The number of carbonyl (C=O) groups excluding carboxylic acids is 2. The first-order chi connectivity index (χ1) is 17.8. The number of fused-ring (bicyclic) bond motifs is 1. The van der Waals surface area contributed by atoms with Crippen molar-refractivity contribution in [2.24, 2.45) is 5.92 Å². The number of hydrogen-bond donors (Lipinski definition) is 2. The molecule has 3 atom stereocenters. The molecule has 2 aromatic rings. The molecular weight excluding hydrogens is 476 g/mol. The van der Waals surface area contributed by atoms with Crippen LogP contribution in [0.1, 0.15) is 29.8 Å². The number of nitrogens with zero attached hydrogens (tertiary/aromatic N) is 3. The highest BCUT2D eigenvalue weighted by atomic mass is 16.5. The van der Waals surface area contributed by atoms with Crippen LogP contribution in [-0.2, 0) is 4.74 Å². The maximum atomic E-state index is 13.5. The number of hydrogen-bond acceptors (Lipinski definition) is 7. The zero-order valence-corrected chi connectivity index (χ0v) is 21.9. The van der Waals surface area contributed by atoms with Gasteiger partial charge >= 0.3 is 6.03 Å². The first-order valence-corrected chi connectivity index (χ1v) is 12.0. The Kier molecular flexibility index (Phi) is 9.71. The maximum absolute atomic E-state index is 13.5. The topological polar surface area (TPSA) is 113 Å². The van der Waals surface area contributed by atoms with Crippen LogP contribution in [0.2, 0.25) is 0 Å². The van der Waals surface area contributed by atoms with Gasteiger partial charge in [0.2, 0.25) is 5.88 Å². The van der Waals surface area contributed by atoms with E-state index in [2.05, 4.69) is 22.1 Å². The Labute approximate surface area is 217 Å². The number of nitrogens with one attached hydrogen (secondary N) is 1. The summed E-state index contributed by atoms with van der Waals surface area (Å²) in [5, 5.41) is 12.7. The van der Waals surface area contributed by atoms with E-state index in [4.69, 9.17) is 14.2 Å². The first kappa shape index (κ1) is 27.8. The smallest absolute Gasteiger partial charge is 0.321 e. The number of ether oxygens (including phenoxy) is 3. The van der Waals surface area contributed by atoms with Crippen LogP contribution >= 0.6 is 0 Å². The Balaban J connectivity index is 1.87. The third kappa shape index (κ3) is 6.90. The number of aliphatic hydroxyl groups excluding tert-OH is 1. The fraction of sp³-hybridized carbons (Fsp3) is 0.444. The van der Waals surface area contributed by atoms with Crippen LogP contribution < -0.4 is 14.8 Å². The molecular formula is C27H34N4O6. The second kappa shape index (κ2) is 12.9. The fourth-order valence-electron chi connectivity index (χ4n) is 3.91. The standard InChI is InChI=1S/C27H34N4O6/c1-18-15-31(19(2)17-32)26(33)21-13-20(9-8-12-35-4)14-28-25(21)37-24(18)16-30(3)27(34)29-22-10-6-7-11-23(22)36-5/h6-7,10-11,13-14,18-19,24,32H,12,15-17H2,1-5H3,(H,29,34)/t18-,19+,24+/m0/s1. The summed E-state index contributed by atoms with van der Waals surface area (Å²) in [6.07, 6.45) is 1.06. The predicted molar refractivity (Wildman–Crippen MR) is 139 cm³/mol. The number of urea groups is 1. The van der Waals surface area contributed by atoms with Gasteiger partial charge in [-0.15, -0.1) is 0 Å². The number of likely N-dealkylation sites (N-methyl/N-ethyl adjacent to an activating group) is 1. The monoisotopic (exact) mass is 510 g/mol. The molecule has 10 heteroatoms.